The third-order valence-electron chi connectivity index (χ3n) is 4.11. The van der Waals surface area contributed by atoms with Crippen LogP contribution in [0.4, 0.5) is 0 Å². The molecule has 0 spiro atoms. The molecule has 1 N–H and O–H groups in total. The van der Waals surface area contributed by atoms with E-state index >= 15 is 0 Å². The smallest absolute Gasteiger partial charge is 0.253 e. The van der Waals surface area contributed by atoms with Gasteiger partial charge in [0.2, 0.25) is 0 Å². The van der Waals surface area contributed by atoms with Crippen LogP contribution < -0.4 is 0 Å². The molecule has 2 rings (SSSR count). The minimum absolute atomic E-state index is 0.147. The number of rotatable bonds is 5. The average Bonchev–Trinajstić information content (AvgIpc) is 2.54. The number of hydrogen-bond donors (Lipinski definition) is 1. The molecule has 0 unspecified atom stereocenters. The second-order valence-electron chi connectivity index (χ2n) is 5.95. The van der Waals surface area contributed by atoms with Gasteiger partial charge in [-0.05, 0) is 24.6 Å². The fourth-order valence-corrected chi connectivity index (χ4v) is 3.27. The Morgan fingerprint density at radius 2 is 1.91 bits per heavy atom. The summed E-state index contributed by atoms with van der Waals surface area (Å²) in [4.78, 5) is 16.6. The molecule has 1 amide bonds. The summed E-state index contributed by atoms with van der Waals surface area (Å²) in [6.07, 6.45) is 1.52. The highest BCUT2D eigenvalue weighted by Crippen LogP contribution is 2.14. The standard InChI is InChI=1S/C16H24N2O4S/c1-3-14(19)12-17-7-9-18(10-8-17)16(20)13-5-4-6-15(11-13)23(2,21)22/h4-6,11,14,19H,3,7-10,12H2,1-2H3/t14-/m1/s1. The normalized spacial score (nSPS) is 18.0. The highest BCUT2D eigenvalue weighted by Gasteiger charge is 2.23. The summed E-state index contributed by atoms with van der Waals surface area (Å²) in [6.45, 7) is 5.17. The van der Waals surface area contributed by atoms with Gasteiger partial charge < -0.3 is 10.0 Å². The van der Waals surface area contributed by atoms with Crippen molar-refractivity contribution in [1.29, 1.82) is 0 Å². The fraction of sp³-hybridized carbons (Fsp3) is 0.562. The molecule has 23 heavy (non-hydrogen) atoms. The van der Waals surface area contributed by atoms with Crippen LogP contribution in [-0.4, -0.2) is 74.3 Å². The van der Waals surface area contributed by atoms with Crippen molar-refractivity contribution in [2.75, 3.05) is 39.0 Å². The lowest BCUT2D eigenvalue weighted by atomic mass is 10.1. The summed E-state index contributed by atoms with van der Waals surface area (Å²) in [5, 5.41) is 9.69. The summed E-state index contributed by atoms with van der Waals surface area (Å²) in [5.74, 6) is -0.147. The number of amides is 1. The first-order valence-electron chi connectivity index (χ1n) is 7.81. The minimum Gasteiger partial charge on any atom is -0.392 e. The van der Waals surface area contributed by atoms with E-state index in [1.165, 1.54) is 12.1 Å². The van der Waals surface area contributed by atoms with Gasteiger partial charge in [0.15, 0.2) is 9.84 Å². The topological polar surface area (TPSA) is 77.9 Å². The van der Waals surface area contributed by atoms with E-state index in [1.54, 1.807) is 17.0 Å². The van der Waals surface area contributed by atoms with Gasteiger partial charge in [0.1, 0.15) is 0 Å². The lowest BCUT2D eigenvalue weighted by Gasteiger charge is -2.35. The van der Waals surface area contributed by atoms with E-state index in [9.17, 15) is 18.3 Å². The summed E-state index contributed by atoms with van der Waals surface area (Å²) in [7, 11) is -3.32. The Hall–Kier alpha value is -1.44. The third kappa shape index (κ3) is 4.76. The minimum atomic E-state index is -3.32. The van der Waals surface area contributed by atoms with E-state index in [2.05, 4.69) is 4.90 Å². The summed E-state index contributed by atoms with van der Waals surface area (Å²) in [6, 6.07) is 6.17. The van der Waals surface area contributed by atoms with Gasteiger partial charge in [0, 0.05) is 44.5 Å². The predicted molar refractivity (Wildman–Crippen MR) is 88.2 cm³/mol. The number of benzene rings is 1. The van der Waals surface area contributed by atoms with E-state index < -0.39 is 9.84 Å². The monoisotopic (exact) mass is 340 g/mol. The molecule has 0 radical (unpaired) electrons. The fourth-order valence-electron chi connectivity index (χ4n) is 2.60. The Kier molecular flexibility index (Phi) is 5.78. The van der Waals surface area contributed by atoms with E-state index in [0.717, 1.165) is 12.7 Å². The maximum absolute atomic E-state index is 12.5. The summed E-state index contributed by atoms with van der Waals surface area (Å²) in [5.41, 5.74) is 0.398. The molecule has 1 heterocycles. The van der Waals surface area contributed by atoms with Gasteiger partial charge in [-0.3, -0.25) is 9.69 Å². The molecule has 1 atom stereocenters. The van der Waals surface area contributed by atoms with Gasteiger partial charge in [-0.25, -0.2) is 8.42 Å². The molecule has 1 aromatic rings. The third-order valence-corrected chi connectivity index (χ3v) is 5.22. The molecule has 7 heteroatoms. The summed E-state index contributed by atoms with van der Waals surface area (Å²) >= 11 is 0. The van der Waals surface area contributed by atoms with Crippen LogP contribution in [0.15, 0.2) is 29.2 Å². The number of piperazine rings is 1. The predicted octanol–water partition coefficient (Wildman–Crippen LogP) is 0.619. The molecule has 0 bridgehead atoms. The van der Waals surface area contributed by atoms with Gasteiger partial charge in [0.05, 0.1) is 11.0 Å². The van der Waals surface area contributed by atoms with Crippen LogP contribution in [0.2, 0.25) is 0 Å². The molecule has 1 aliphatic heterocycles. The van der Waals surface area contributed by atoms with E-state index in [4.69, 9.17) is 0 Å². The van der Waals surface area contributed by atoms with Gasteiger partial charge in [-0.1, -0.05) is 13.0 Å². The van der Waals surface area contributed by atoms with E-state index in [-0.39, 0.29) is 16.9 Å². The first-order valence-corrected chi connectivity index (χ1v) is 9.70. The van der Waals surface area contributed by atoms with Gasteiger partial charge in [0.25, 0.3) is 5.91 Å². The number of carbonyl (C=O) groups excluding carboxylic acids is 1. The molecule has 0 saturated carbocycles. The van der Waals surface area contributed by atoms with E-state index in [1.807, 2.05) is 6.92 Å². The zero-order valence-corrected chi connectivity index (χ0v) is 14.4. The Balaban J connectivity index is 2.00. The number of β-amino-alcohol motifs (C(OH)–C–C–N with tert-alkyl or cyclic N) is 1. The second kappa shape index (κ2) is 7.42. The lowest BCUT2D eigenvalue weighted by Crippen LogP contribution is -2.50. The maximum atomic E-state index is 12.5. The van der Waals surface area contributed by atoms with Crippen molar-refractivity contribution in [3.63, 3.8) is 0 Å². The molecule has 6 nitrogen and oxygen atoms in total. The highest BCUT2D eigenvalue weighted by atomic mass is 32.2. The first-order chi connectivity index (χ1) is 10.8. The molecule has 0 aliphatic carbocycles. The quantitative estimate of drug-likeness (QED) is 0.850. The zero-order chi connectivity index (χ0) is 17.0. The second-order valence-corrected chi connectivity index (χ2v) is 7.97. The Morgan fingerprint density at radius 1 is 1.26 bits per heavy atom. The maximum Gasteiger partial charge on any atom is 0.253 e. The Bertz CT molecular complexity index is 652. The van der Waals surface area contributed by atoms with Crippen LogP contribution in [0.25, 0.3) is 0 Å². The first kappa shape index (κ1) is 17.9. The molecule has 1 fully saturated rings. The van der Waals surface area contributed by atoms with Crippen molar-refractivity contribution in [3.05, 3.63) is 29.8 Å². The lowest BCUT2D eigenvalue weighted by molar-refractivity contribution is 0.0523. The number of sulfone groups is 1. The van der Waals surface area contributed by atoms with Crippen molar-refractivity contribution in [3.8, 4) is 0 Å². The van der Waals surface area contributed by atoms with Crippen LogP contribution in [0.5, 0.6) is 0 Å². The van der Waals surface area contributed by atoms with Crippen LogP contribution in [-0.2, 0) is 9.84 Å². The number of hydrogen-bond acceptors (Lipinski definition) is 5. The Morgan fingerprint density at radius 3 is 2.48 bits per heavy atom. The summed E-state index contributed by atoms with van der Waals surface area (Å²) < 4.78 is 23.2. The van der Waals surface area contributed by atoms with Crippen molar-refractivity contribution < 1.29 is 18.3 Å². The molecule has 1 aliphatic rings. The number of carbonyl (C=O) groups is 1. The highest BCUT2D eigenvalue weighted by molar-refractivity contribution is 7.90. The number of nitrogens with zero attached hydrogens (tertiary/aromatic N) is 2. The van der Waals surface area contributed by atoms with Crippen molar-refractivity contribution in [2.45, 2.75) is 24.3 Å². The van der Waals surface area contributed by atoms with Gasteiger partial charge in [-0.15, -0.1) is 0 Å². The SMILES string of the molecule is CC[C@@H](O)CN1CCN(C(=O)c2cccc(S(C)(=O)=O)c2)CC1. The van der Waals surface area contributed by atoms with Crippen molar-refractivity contribution in [1.82, 2.24) is 9.80 Å². The molecule has 0 aromatic heterocycles. The van der Waals surface area contributed by atoms with Crippen LogP contribution in [0.3, 0.4) is 0 Å². The van der Waals surface area contributed by atoms with E-state index in [0.29, 0.717) is 38.3 Å². The molecular formula is C16H24N2O4S. The van der Waals surface area contributed by atoms with Crippen molar-refractivity contribution in [2.24, 2.45) is 0 Å². The number of aliphatic hydroxyl groups excluding tert-OH is 1. The molecule has 1 saturated heterocycles. The van der Waals surface area contributed by atoms with Crippen LogP contribution in [0, 0.1) is 0 Å². The molecule has 128 valence electrons. The van der Waals surface area contributed by atoms with Crippen molar-refractivity contribution >= 4 is 15.7 Å². The molecular weight excluding hydrogens is 316 g/mol. The zero-order valence-electron chi connectivity index (χ0n) is 13.6. The van der Waals surface area contributed by atoms with Gasteiger partial charge >= 0.3 is 0 Å². The van der Waals surface area contributed by atoms with Crippen LogP contribution in [0.1, 0.15) is 23.7 Å². The van der Waals surface area contributed by atoms with Gasteiger partial charge in [-0.2, -0.15) is 0 Å². The van der Waals surface area contributed by atoms with Crippen LogP contribution >= 0.6 is 0 Å². The average molecular weight is 340 g/mol. The Labute approximate surface area is 137 Å². The molecule has 1 aromatic carbocycles. The largest absolute Gasteiger partial charge is 0.392 e. The number of aliphatic hydroxyl groups is 1.